The normalized spacial score (nSPS) is 34.9. The maximum absolute atomic E-state index is 5.20. The molecule has 3 heteroatoms. The van der Waals surface area contributed by atoms with E-state index < -0.39 is 0 Å². The average Bonchev–Trinajstić information content (AvgIpc) is 3.62. The van der Waals surface area contributed by atoms with E-state index in [0.29, 0.717) is 17.8 Å². The first kappa shape index (κ1) is 18.7. The Morgan fingerprint density at radius 2 is 1.27 bits per heavy atom. The second-order valence-corrected chi connectivity index (χ2v) is 11.2. The maximum Gasteiger partial charge on any atom is 0.0798 e. The summed E-state index contributed by atoms with van der Waals surface area (Å²) in [6.07, 6.45) is 2.68. The van der Waals surface area contributed by atoms with Gasteiger partial charge in [0.2, 0.25) is 0 Å². The number of benzene rings is 3. The fourth-order valence-electron chi connectivity index (χ4n) is 8.57. The average molecular weight is 493 g/mol. The van der Waals surface area contributed by atoms with Gasteiger partial charge >= 0.3 is 0 Å². The zero-order chi connectivity index (χ0) is 21.7. The number of hydrogen-bond donors (Lipinski definition) is 0. The van der Waals surface area contributed by atoms with Crippen LogP contribution in [-0.4, -0.2) is 9.75 Å². The minimum atomic E-state index is 0.425. The molecule has 0 amide bonds. The number of hydrazone groups is 1. The molecular weight excluding hydrogens is 468 g/mol. The molecule has 0 aromatic heterocycles. The standard InChI is InChI=1S/C30H25BrN2/c31-33-30(18-11-5-2-6-12-18)28-24-16-23(27(28)29(32-33)17-9-3-1-4-10-17)25-21-15-22(26(24)25)20-14-8-7-13-19(20)21/h1-14,21-27H,15-16H2/t21-,22+,23-,24+,25-,26+,27-/m1/s1. The third-order valence-electron chi connectivity index (χ3n) is 9.39. The molecule has 0 unspecified atom stereocenters. The Morgan fingerprint density at radius 3 is 1.97 bits per heavy atom. The monoisotopic (exact) mass is 492 g/mol. The van der Waals surface area contributed by atoms with Gasteiger partial charge < -0.3 is 0 Å². The summed E-state index contributed by atoms with van der Waals surface area (Å²) < 4.78 is 2.01. The lowest BCUT2D eigenvalue weighted by Gasteiger charge is -2.44. The molecule has 3 saturated carbocycles. The van der Waals surface area contributed by atoms with Crippen LogP contribution in [0, 0.1) is 29.6 Å². The molecule has 0 radical (unpaired) electrons. The van der Waals surface area contributed by atoms with Gasteiger partial charge in [-0.15, -0.1) is 0 Å². The Bertz CT molecular complexity index is 1330. The SMILES string of the molecule is BrN1N=C(c2ccccc2)[C@H]2C(=C1c1ccccc1)[C@H]1C[C@@H]2[C@@H]2[C@H]1[C@H]1C[C@@H]2c2ccccc21. The molecule has 5 aliphatic rings. The lowest BCUT2D eigenvalue weighted by molar-refractivity contribution is 0.231. The Morgan fingerprint density at radius 1 is 0.667 bits per heavy atom. The molecule has 3 aromatic carbocycles. The minimum Gasteiger partial charge on any atom is -0.197 e. The molecule has 0 spiro atoms. The molecule has 33 heavy (non-hydrogen) atoms. The van der Waals surface area contributed by atoms with Crippen molar-refractivity contribution >= 4 is 27.6 Å². The molecule has 3 aromatic rings. The van der Waals surface area contributed by atoms with E-state index >= 15 is 0 Å². The van der Waals surface area contributed by atoms with E-state index in [-0.39, 0.29) is 0 Å². The quantitative estimate of drug-likeness (QED) is 0.272. The summed E-state index contributed by atoms with van der Waals surface area (Å²) in [4.78, 5) is 0. The number of halogens is 1. The highest BCUT2D eigenvalue weighted by atomic mass is 79.9. The number of rotatable bonds is 2. The van der Waals surface area contributed by atoms with Crippen LogP contribution in [-0.2, 0) is 0 Å². The van der Waals surface area contributed by atoms with Crippen LogP contribution in [0.25, 0.3) is 5.70 Å². The molecule has 2 nitrogen and oxygen atoms in total. The van der Waals surface area contributed by atoms with E-state index in [1.54, 1.807) is 16.7 Å². The van der Waals surface area contributed by atoms with Crippen LogP contribution in [0.2, 0.25) is 0 Å². The zero-order valence-corrected chi connectivity index (χ0v) is 19.9. The molecule has 8 rings (SSSR count). The van der Waals surface area contributed by atoms with Crippen LogP contribution < -0.4 is 0 Å². The van der Waals surface area contributed by atoms with Gasteiger partial charge in [0, 0.05) is 11.5 Å². The van der Waals surface area contributed by atoms with Gasteiger partial charge in [-0.1, -0.05) is 84.9 Å². The summed E-state index contributed by atoms with van der Waals surface area (Å²) in [6, 6.07) is 31.1. The van der Waals surface area contributed by atoms with Gasteiger partial charge in [-0.3, -0.25) is 0 Å². The Hall–Kier alpha value is -2.65. The minimum absolute atomic E-state index is 0.425. The highest BCUT2D eigenvalue weighted by Crippen LogP contribution is 2.75. The summed E-state index contributed by atoms with van der Waals surface area (Å²) >= 11 is 3.86. The van der Waals surface area contributed by atoms with Gasteiger partial charge in [0.05, 0.1) is 27.6 Å². The molecule has 3 fully saturated rings. The highest BCUT2D eigenvalue weighted by molar-refractivity contribution is 9.07. The fraction of sp³-hybridized carbons (Fsp3) is 0.300. The van der Waals surface area contributed by atoms with E-state index in [0.717, 1.165) is 23.7 Å². The zero-order valence-electron chi connectivity index (χ0n) is 18.3. The van der Waals surface area contributed by atoms with Crippen molar-refractivity contribution in [1.82, 2.24) is 4.03 Å². The van der Waals surface area contributed by atoms with Crippen molar-refractivity contribution in [3.05, 3.63) is 113 Å². The third kappa shape index (κ3) is 2.36. The van der Waals surface area contributed by atoms with Crippen LogP contribution >= 0.6 is 16.1 Å². The molecule has 4 bridgehead atoms. The van der Waals surface area contributed by atoms with Crippen molar-refractivity contribution in [2.24, 2.45) is 34.7 Å². The van der Waals surface area contributed by atoms with Gasteiger partial charge in [0.25, 0.3) is 0 Å². The van der Waals surface area contributed by atoms with Crippen LogP contribution in [0.15, 0.2) is 95.6 Å². The van der Waals surface area contributed by atoms with Gasteiger partial charge in [0.15, 0.2) is 0 Å². The maximum atomic E-state index is 5.20. The van der Waals surface area contributed by atoms with Gasteiger partial charge in [-0.25, -0.2) is 0 Å². The molecule has 4 aliphatic carbocycles. The van der Waals surface area contributed by atoms with Crippen molar-refractivity contribution in [1.29, 1.82) is 0 Å². The summed E-state index contributed by atoms with van der Waals surface area (Å²) in [7, 11) is 0. The summed E-state index contributed by atoms with van der Waals surface area (Å²) in [5.41, 5.74) is 10.0. The van der Waals surface area contributed by atoms with Gasteiger partial charge in [-0.2, -0.15) is 9.14 Å². The van der Waals surface area contributed by atoms with Crippen molar-refractivity contribution < 1.29 is 0 Å². The first-order valence-corrected chi connectivity index (χ1v) is 13.0. The number of fused-ring (bicyclic) bond motifs is 15. The molecular formula is C30H25BrN2. The topological polar surface area (TPSA) is 15.6 Å². The van der Waals surface area contributed by atoms with Crippen molar-refractivity contribution in [3.63, 3.8) is 0 Å². The Balaban J connectivity index is 1.33. The number of nitrogens with zero attached hydrogens (tertiary/aromatic N) is 2. The van der Waals surface area contributed by atoms with E-state index in [2.05, 4.69) is 101 Å². The molecule has 162 valence electrons. The molecule has 7 atom stereocenters. The van der Waals surface area contributed by atoms with Crippen molar-refractivity contribution in [2.75, 3.05) is 0 Å². The lowest BCUT2D eigenvalue weighted by Crippen LogP contribution is -2.40. The fourth-order valence-corrected chi connectivity index (χ4v) is 9.16. The lowest BCUT2D eigenvalue weighted by atomic mass is 9.62. The molecule has 0 saturated heterocycles. The second kappa shape index (κ2) is 6.70. The first-order chi connectivity index (χ1) is 16.3. The molecule has 0 N–H and O–H groups in total. The number of hydrogen-bond acceptors (Lipinski definition) is 2. The smallest absolute Gasteiger partial charge is 0.0798 e. The largest absolute Gasteiger partial charge is 0.197 e. The Labute approximate surface area is 203 Å². The second-order valence-electron chi connectivity index (χ2n) is 10.5. The predicted molar refractivity (Wildman–Crippen MR) is 136 cm³/mol. The summed E-state index contributed by atoms with van der Waals surface area (Å²) in [6.45, 7) is 0. The van der Waals surface area contributed by atoms with E-state index in [9.17, 15) is 0 Å². The third-order valence-corrected chi connectivity index (χ3v) is 9.90. The highest BCUT2D eigenvalue weighted by Gasteiger charge is 2.67. The van der Waals surface area contributed by atoms with E-state index in [4.69, 9.17) is 5.10 Å². The van der Waals surface area contributed by atoms with E-state index in [1.165, 1.54) is 35.4 Å². The van der Waals surface area contributed by atoms with Crippen LogP contribution in [0.4, 0.5) is 0 Å². The van der Waals surface area contributed by atoms with Crippen LogP contribution in [0.3, 0.4) is 0 Å². The first-order valence-electron chi connectivity index (χ1n) is 12.3. The van der Waals surface area contributed by atoms with Gasteiger partial charge in [0.1, 0.15) is 0 Å². The summed E-state index contributed by atoms with van der Waals surface area (Å²) in [5, 5.41) is 5.20. The molecule has 1 heterocycles. The van der Waals surface area contributed by atoms with Crippen molar-refractivity contribution in [2.45, 2.75) is 24.7 Å². The van der Waals surface area contributed by atoms with Crippen LogP contribution in [0.1, 0.15) is 46.9 Å². The van der Waals surface area contributed by atoms with Crippen LogP contribution in [0.5, 0.6) is 0 Å². The number of allylic oxidation sites excluding steroid dienone is 1. The predicted octanol–water partition coefficient (Wildman–Crippen LogP) is 7.21. The summed E-state index contributed by atoms with van der Waals surface area (Å²) in [5.74, 6) is 4.84. The molecule has 1 aliphatic heterocycles. The van der Waals surface area contributed by atoms with Crippen molar-refractivity contribution in [3.8, 4) is 0 Å². The van der Waals surface area contributed by atoms with Gasteiger partial charge in [-0.05, 0) is 70.6 Å². The van der Waals surface area contributed by atoms with E-state index in [1.807, 2.05) is 4.03 Å². The Kier molecular flexibility index (Phi) is 3.80.